The average Bonchev–Trinajstić information content (AvgIpc) is 3.43. The van der Waals surface area contributed by atoms with Crippen LogP contribution in [0.25, 0.3) is 10.9 Å². The molecule has 0 spiro atoms. The summed E-state index contributed by atoms with van der Waals surface area (Å²) in [6, 6.07) is 13.3. The second-order valence-corrected chi connectivity index (χ2v) is 8.86. The molecule has 2 aliphatic rings. The van der Waals surface area contributed by atoms with E-state index in [1.807, 2.05) is 42.5 Å². The quantitative estimate of drug-likeness (QED) is 0.352. The molecule has 0 bridgehead atoms. The summed E-state index contributed by atoms with van der Waals surface area (Å²) in [7, 11) is 0. The monoisotopic (exact) mass is 499 g/mol. The molecule has 1 aromatic heterocycles. The van der Waals surface area contributed by atoms with Gasteiger partial charge < -0.3 is 25.6 Å². The number of hydrogen-bond acceptors (Lipinski definition) is 7. The molecule has 10 nitrogen and oxygen atoms in total. The zero-order valence-electron chi connectivity index (χ0n) is 20.4. The fraction of sp³-hybridized carbons (Fsp3) is 0.259. The van der Waals surface area contributed by atoms with Gasteiger partial charge in [-0.1, -0.05) is 30.8 Å². The van der Waals surface area contributed by atoms with E-state index in [1.165, 1.54) is 6.08 Å². The summed E-state index contributed by atoms with van der Waals surface area (Å²) >= 11 is 0. The first-order valence-electron chi connectivity index (χ1n) is 12.2. The van der Waals surface area contributed by atoms with Gasteiger partial charge in [0.2, 0.25) is 5.91 Å². The number of carbonyl (C=O) groups excluding carboxylic acids is 2. The maximum atomic E-state index is 13.9. The number of amides is 2. The van der Waals surface area contributed by atoms with Gasteiger partial charge in [0.15, 0.2) is 5.54 Å². The number of aromatic amines is 1. The number of rotatable bonds is 8. The minimum Gasteiger partial charge on any atom is -0.378 e. The fourth-order valence-electron chi connectivity index (χ4n) is 4.55. The minimum atomic E-state index is -1.22. The molecule has 1 atom stereocenters. The van der Waals surface area contributed by atoms with E-state index in [-0.39, 0.29) is 11.8 Å². The van der Waals surface area contributed by atoms with E-state index in [2.05, 4.69) is 42.6 Å². The molecule has 3 heterocycles. The van der Waals surface area contributed by atoms with Crippen LogP contribution in [0.3, 0.4) is 0 Å². The number of aromatic nitrogens is 2. The second kappa shape index (κ2) is 10.7. The maximum absolute atomic E-state index is 13.9. The highest BCUT2D eigenvalue weighted by molar-refractivity contribution is 6.08. The predicted octanol–water partition coefficient (Wildman–Crippen LogP) is 2.05. The molecule has 5 rings (SSSR count). The van der Waals surface area contributed by atoms with Crippen LogP contribution in [0.2, 0.25) is 0 Å². The third-order valence-corrected chi connectivity index (χ3v) is 6.52. The lowest BCUT2D eigenvalue weighted by atomic mass is 9.86. The SMILES string of the molecule is C=CC(=O)Nc1ccc(CCNC(=O)C2(c3cccc4[nH]ncc34)C=NC=C(N3CCOCC3)N2)cc1. The second-order valence-electron chi connectivity index (χ2n) is 8.86. The number of nitrogens with one attached hydrogen (secondary N) is 4. The number of benzene rings is 2. The van der Waals surface area contributed by atoms with Gasteiger partial charge >= 0.3 is 0 Å². The molecule has 1 unspecified atom stereocenters. The molecular formula is C27H29N7O3. The largest absolute Gasteiger partial charge is 0.378 e. The summed E-state index contributed by atoms with van der Waals surface area (Å²) in [5, 5.41) is 17.3. The molecule has 0 saturated carbocycles. The van der Waals surface area contributed by atoms with Crippen LogP contribution in [0, 0.1) is 0 Å². The standard InChI is InChI=1S/C27H29N7O3/c1-2-25(35)31-20-8-6-19(7-9-20)10-11-29-26(36)27(22-4-3-5-23-21(22)16-30-33-23)18-28-17-24(32-27)34-12-14-37-15-13-34/h2-9,16-18,32H,1,10-15H2,(H,29,36)(H,30,33)(H,31,35). The summed E-state index contributed by atoms with van der Waals surface area (Å²) < 4.78 is 5.50. The Morgan fingerprint density at radius 3 is 2.76 bits per heavy atom. The molecule has 1 fully saturated rings. The van der Waals surface area contributed by atoms with Crippen molar-refractivity contribution in [2.45, 2.75) is 12.0 Å². The molecule has 37 heavy (non-hydrogen) atoms. The Morgan fingerprint density at radius 1 is 1.16 bits per heavy atom. The van der Waals surface area contributed by atoms with E-state index in [0.717, 1.165) is 27.9 Å². The lowest BCUT2D eigenvalue weighted by molar-refractivity contribution is -0.125. The summed E-state index contributed by atoms with van der Waals surface area (Å²) in [4.78, 5) is 32.0. The molecule has 1 saturated heterocycles. The Hall–Kier alpha value is -4.44. The number of morpholine rings is 1. The Morgan fingerprint density at radius 2 is 1.97 bits per heavy atom. The average molecular weight is 500 g/mol. The van der Waals surface area contributed by atoms with Crippen LogP contribution in [0.4, 0.5) is 5.69 Å². The first kappa shape index (κ1) is 24.3. The van der Waals surface area contributed by atoms with Crippen molar-refractivity contribution in [3.05, 3.63) is 84.5 Å². The van der Waals surface area contributed by atoms with Crippen molar-refractivity contribution < 1.29 is 14.3 Å². The van der Waals surface area contributed by atoms with Gasteiger partial charge in [-0.2, -0.15) is 5.10 Å². The van der Waals surface area contributed by atoms with Crippen LogP contribution in [0.1, 0.15) is 11.1 Å². The van der Waals surface area contributed by atoms with Crippen molar-refractivity contribution in [1.82, 2.24) is 25.7 Å². The van der Waals surface area contributed by atoms with E-state index in [9.17, 15) is 9.59 Å². The molecule has 2 amide bonds. The van der Waals surface area contributed by atoms with Crippen molar-refractivity contribution >= 4 is 34.6 Å². The molecule has 2 aliphatic heterocycles. The van der Waals surface area contributed by atoms with E-state index < -0.39 is 5.54 Å². The normalized spacial score (nSPS) is 19.1. The third-order valence-electron chi connectivity index (χ3n) is 6.52. The number of H-pyrrole nitrogens is 1. The highest BCUT2D eigenvalue weighted by Gasteiger charge is 2.43. The van der Waals surface area contributed by atoms with Gasteiger partial charge in [0.25, 0.3) is 5.91 Å². The zero-order valence-corrected chi connectivity index (χ0v) is 20.4. The third kappa shape index (κ3) is 5.10. The Bertz CT molecular complexity index is 1360. The van der Waals surface area contributed by atoms with E-state index in [0.29, 0.717) is 45.0 Å². The molecular weight excluding hydrogens is 470 g/mol. The fourth-order valence-corrected chi connectivity index (χ4v) is 4.55. The lowest BCUT2D eigenvalue weighted by Crippen LogP contribution is -2.59. The Labute approximate surface area is 214 Å². The first-order chi connectivity index (χ1) is 18.1. The number of hydrogen-bond donors (Lipinski definition) is 4. The highest BCUT2D eigenvalue weighted by atomic mass is 16.5. The predicted molar refractivity (Wildman–Crippen MR) is 142 cm³/mol. The van der Waals surface area contributed by atoms with Gasteiger partial charge in [-0.05, 0) is 36.3 Å². The van der Waals surface area contributed by atoms with Crippen molar-refractivity contribution in [3.8, 4) is 0 Å². The highest BCUT2D eigenvalue weighted by Crippen LogP contribution is 2.31. The van der Waals surface area contributed by atoms with Gasteiger partial charge in [-0.15, -0.1) is 0 Å². The van der Waals surface area contributed by atoms with Gasteiger partial charge in [0.05, 0.1) is 31.1 Å². The van der Waals surface area contributed by atoms with Crippen LogP contribution in [0.15, 0.2) is 78.3 Å². The van der Waals surface area contributed by atoms with Crippen molar-refractivity contribution in [1.29, 1.82) is 0 Å². The van der Waals surface area contributed by atoms with Crippen molar-refractivity contribution in [2.75, 3.05) is 38.2 Å². The van der Waals surface area contributed by atoms with Crippen molar-refractivity contribution in [3.63, 3.8) is 0 Å². The molecule has 0 aliphatic carbocycles. The van der Waals surface area contributed by atoms with E-state index in [4.69, 9.17) is 4.74 Å². The molecule has 10 heteroatoms. The van der Waals surface area contributed by atoms with E-state index >= 15 is 0 Å². The number of carbonyl (C=O) groups is 2. The summed E-state index contributed by atoms with van der Waals surface area (Å²) in [5.41, 5.74) is 2.11. The molecule has 3 aromatic rings. The molecule has 0 radical (unpaired) electrons. The topological polar surface area (TPSA) is 124 Å². The molecule has 190 valence electrons. The Balaban J connectivity index is 1.35. The van der Waals surface area contributed by atoms with Gasteiger partial charge in [0, 0.05) is 42.5 Å². The smallest absolute Gasteiger partial charge is 0.256 e. The zero-order chi connectivity index (χ0) is 25.7. The van der Waals surface area contributed by atoms with Gasteiger partial charge in [-0.25, -0.2) is 0 Å². The number of nitrogens with zero attached hydrogens (tertiary/aromatic N) is 3. The van der Waals surface area contributed by atoms with Crippen LogP contribution < -0.4 is 16.0 Å². The van der Waals surface area contributed by atoms with E-state index in [1.54, 1.807) is 18.6 Å². The summed E-state index contributed by atoms with van der Waals surface area (Å²) in [5.74, 6) is 0.308. The Kier molecular flexibility index (Phi) is 7.00. The maximum Gasteiger partial charge on any atom is 0.256 e. The van der Waals surface area contributed by atoms with Gasteiger partial charge in [0.1, 0.15) is 5.82 Å². The molecule has 4 N–H and O–H groups in total. The first-order valence-corrected chi connectivity index (χ1v) is 12.2. The van der Waals surface area contributed by atoms with Crippen LogP contribution >= 0.6 is 0 Å². The van der Waals surface area contributed by atoms with Crippen LogP contribution in [-0.4, -0.2) is 66.0 Å². The minimum absolute atomic E-state index is 0.210. The summed E-state index contributed by atoms with van der Waals surface area (Å²) in [6.45, 7) is 6.55. The van der Waals surface area contributed by atoms with Crippen LogP contribution in [0.5, 0.6) is 0 Å². The lowest BCUT2D eigenvalue weighted by Gasteiger charge is -2.39. The summed E-state index contributed by atoms with van der Waals surface area (Å²) in [6.07, 6.45) is 6.99. The van der Waals surface area contributed by atoms with Crippen LogP contribution in [-0.2, 0) is 26.3 Å². The number of fused-ring (bicyclic) bond motifs is 1. The number of ether oxygens (including phenoxy) is 1. The van der Waals surface area contributed by atoms with Gasteiger partial charge in [-0.3, -0.25) is 19.7 Å². The molecule has 2 aromatic carbocycles. The number of aliphatic imine (C=N–C) groups is 1. The van der Waals surface area contributed by atoms with Crippen molar-refractivity contribution in [2.24, 2.45) is 4.99 Å². The number of anilines is 1.